The predicted molar refractivity (Wildman–Crippen MR) is 101 cm³/mol. The van der Waals surface area contributed by atoms with Crippen molar-refractivity contribution < 1.29 is 15.1 Å². The molecule has 0 spiro atoms. The standard InChI is InChI=1S/C19H16N2O4S/c22-18-16-9-7-12(15(26)8-9)17(16)19(23)20(18)13-5-6-14(21(24)25)11-4-2-1-3-10(11)13/h1-6,9,12,15,22-23,26H,7-8H2/t9?,12?,15-/m0/s1. The van der Waals surface area contributed by atoms with Gasteiger partial charge in [0.1, 0.15) is 0 Å². The minimum atomic E-state index is -0.423. The molecule has 0 aliphatic heterocycles. The first kappa shape index (κ1) is 15.6. The molecular formula is C19H16N2O4S. The van der Waals surface area contributed by atoms with Crippen LogP contribution in [-0.4, -0.2) is 25.0 Å². The second kappa shape index (κ2) is 5.17. The average molecular weight is 368 g/mol. The van der Waals surface area contributed by atoms with Crippen LogP contribution in [0.5, 0.6) is 11.8 Å². The smallest absolute Gasteiger partial charge is 0.277 e. The maximum absolute atomic E-state index is 11.3. The Labute approximate surface area is 154 Å². The highest BCUT2D eigenvalue weighted by Gasteiger charge is 2.48. The van der Waals surface area contributed by atoms with Crippen LogP contribution in [0.3, 0.4) is 0 Å². The zero-order chi connectivity index (χ0) is 18.2. The van der Waals surface area contributed by atoms with Crippen LogP contribution in [0.2, 0.25) is 0 Å². The summed E-state index contributed by atoms with van der Waals surface area (Å²) in [5, 5.41) is 34.4. The first-order valence-corrected chi connectivity index (χ1v) is 9.01. The maximum Gasteiger partial charge on any atom is 0.277 e. The van der Waals surface area contributed by atoms with Gasteiger partial charge >= 0.3 is 0 Å². The summed E-state index contributed by atoms with van der Waals surface area (Å²) in [4.78, 5) is 10.9. The number of aromatic nitrogens is 1. The lowest BCUT2D eigenvalue weighted by Gasteiger charge is -2.16. The molecule has 7 heteroatoms. The molecule has 5 rings (SSSR count). The van der Waals surface area contributed by atoms with Gasteiger partial charge in [-0.3, -0.25) is 14.7 Å². The number of nitrogens with zero attached hydrogens (tertiary/aromatic N) is 2. The first-order chi connectivity index (χ1) is 12.5. The van der Waals surface area contributed by atoms with Crippen molar-refractivity contribution in [3.63, 3.8) is 0 Å². The average Bonchev–Trinajstić information content (AvgIpc) is 3.25. The number of fused-ring (bicyclic) bond motifs is 6. The largest absolute Gasteiger partial charge is 0.494 e. The molecule has 2 N–H and O–H groups in total. The van der Waals surface area contributed by atoms with E-state index in [1.54, 1.807) is 30.3 Å². The van der Waals surface area contributed by atoms with Crippen molar-refractivity contribution in [1.29, 1.82) is 0 Å². The topological polar surface area (TPSA) is 88.5 Å². The Morgan fingerprint density at radius 2 is 1.73 bits per heavy atom. The van der Waals surface area contributed by atoms with E-state index in [-0.39, 0.29) is 34.5 Å². The van der Waals surface area contributed by atoms with Crippen molar-refractivity contribution in [2.45, 2.75) is 29.9 Å². The summed E-state index contributed by atoms with van der Waals surface area (Å²) in [5.41, 5.74) is 2.12. The minimum Gasteiger partial charge on any atom is -0.494 e. The van der Waals surface area contributed by atoms with Gasteiger partial charge in [-0.15, -0.1) is 0 Å². The molecule has 3 aromatic rings. The molecule has 2 bridgehead atoms. The Hall–Kier alpha value is -2.67. The normalized spacial score (nSPS) is 23.5. The Bertz CT molecular complexity index is 1090. The molecule has 1 aromatic heterocycles. The third-order valence-electron chi connectivity index (χ3n) is 5.82. The zero-order valence-corrected chi connectivity index (χ0v) is 14.6. The molecule has 2 unspecified atom stereocenters. The Balaban J connectivity index is 1.80. The summed E-state index contributed by atoms with van der Waals surface area (Å²) < 4.78 is 1.42. The third kappa shape index (κ3) is 1.83. The molecule has 1 fully saturated rings. The monoisotopic (exact) mass is 368 g/mol. The molecule has 132 valence electrons. The molecule has 2 aliphatic carbocycles. The number of rotatable bonds is 2. The Morgan fingerprint density at radius 1 is 1.04 bits per heavy atom. The summed E-state index contributed by atoms with van der Waals surface area (Å²) in [6.07, 6.45) is 1.79. The number of non-ortho nitro benzene ring substituents is 1. The van der Waals surface area contributed by atoms with E-state index in [0.29, 0.717) is 16.5 Å². The van der Waals surface area contributed by atoms with Crippen LogP contribution >= 0.6 is 12.6 Å². The van der Waals surface area contributed by atoms with E-state index in [1.165, 1.54) is 10.6 Å². The number of aromatic hydroxyl groups is 2. The van der Waals surface area contributed by atoms with E-state index in [4.69, 9.17) is 0 Å². The van der Waals surface area contributed by atoms with Gasteiger partial charge in [0.25, 0.3) is 5.69 Å². The van der Waals surface area contributed by atoms with Crippen molar-refractivity contribution in [2.24, 2.45) is 0 Å². The lowest BCUT2D eigenvalue weighted by Crippen LogP contribution is -2.08. The second-order valence-electron chi connectivity index (χ2n) is 7.06. The molecule has 2 aromatic carbocycles. The van der Waals surface area contributed by atoms with E-state index in [9.17, 15) is 20.3 Å². The molecule has 0 saturated heterocycles. The van der Waals surface area contributed by atoms with Gasteiger partial charge in [0.15, 0.2) is 0 Å². The fraction of sp³-hybridized carbons (Fsp3) is 0.263. The minimum absolute atomic E-state index is 0.00137. The lowest BCUT2D eigenvalue weighted by atomic mass is 9.94. The van der Waals surface area contributed by atoms with Gasteiger partial charge < -0.3 is 10.2 Å². The first-order valence-electron chi connectivity index (χ1n) is 8.50. The van der Waals surface area contributed by atoms with Crippen LogP contribution in [-0.2, 0) is 0 Å². The molecule has 6 nitrogen and oxygen atoms in total. The fourth-order valence-electron chi connectivity index (χ4n) is 4.76. The van der Waals surface area contributed by atoms with E-state index >= 15 is 0 Å². The summed E-state index contributed by atoms with van der Waals surface area (Å²) in [5.74, 6) is 0.385. The SMILES string of the molecule is O=[N+]([O-])c1ccc(-n2c(O)c3c(c2O)C2CC3C[C@@H]2S)c2ccccc12. The summed E-state index contributed by atoms with van der Waals surface area (Å²) in [7, 11) is 0. The summed E-state index contributed by atoms with van der Waals surface area (Å²) in [6, 6.07) is 9.95. The van der Waals surface area contributed by atoms with E-state index in [1.807, 2.05) is 0 Å². The number of benzene rings is 2. The van der Waals surface area contributed by atoms with Crippen LogP contribution in [0.4, 0.5) is 5.69 Å². The van der Waals surface area contributed by atoms with Crippen LogP contribution in [0.15, 0.2) is 36.4 Å². The van der Waals surface area contributed by atoms with Crippen molar-refractivity contribution >= 4 is 29.1 Å². The zero-order valence-electron chi connectivity index (χ0n) is 13.7. The highest BCUT2D eigenvalue weighted by molar-refractivity contribution is 7.81. The summed E-state index contributed by atoms with van der Waals surface area (Å²) in [6.45, 7) is 0. The van der Waals surface area contributed by atoms with Gasteiger partial charge in [0.2, 0.25) is 11.8 Å². The predicted octanol–water partition coefficient (Wildman–Crippen LogP) is 4.22. The number of thiol groups is 1. The van der Waals surface area contributed by atoms with Crippen molar-refractivity contribution in [1.82, 2.24) is 4.57 Å². The van der Waals surface area contributed by atoms with Gasteiger partial charge in [-0.2, -0.15) is 12.6 Å². The van der Waals surface area contributed by atoms with E-state index < -0.39 is 4.92 Å². The lowest BCUT2D eigenvalue weighted by molar-refractivity contribution is -0.383. The Kier molecular flexibility index (Phi) is 3.10. The van der Waals surface area contributed by atoms with Crippen LogP contribution in [0.25, 0.3) is 16.5 Å². The third-order valence-corrected chi connectivity index (χ3v) is 6.39. The molecule has 1 saturated carbocycles. The van der Waals surface area contributed by atoms with Crippen molar-refractivity contribution in [3.05, 3.63) is 57.6 Å². The fourth-order valence-corrected chi connectivity index (χ4v) is 5.29. The van der Waals surface area contributed by atoms with E-state index in [0.717, 1.165) is 24.0 Å². The molecule has 1 heterocycles. The molecule has 0 amide bonds. The van der Waals surface area contributed by atoms with Gasteiger partial charge in [-0.05, 0) is 30.9 Å². The quantitative estimate of drug-likeness (QED) is 0.359. The number of nitro groups is 1. The number of hydrogen-bond acceptors (Lipinski definition) is 5. The maximum atomic E-state index is 11.3. The van der Waals surface area contributed by atoms with Gasteiger partial charge in [0.05, 0.1) is 16.0 Å². The van der Waals surface area contributed by atoms with Crippen LogP contribution in [0.1, 0.15) is 35.8 Å². The highest BCUT2D eigenvalue weighted by Crippen LogP contribution is 2.61. The Morgan fingerprint density at radius 3 is 2.46 bits per heavy atom. The summed E-state index contributed by atoms with van der Waals surface area (Å²) >= 11 is 4.62. The van der Waals surface area contributed by atoms with Crippen molar-refractivity contribution in [3.8, 4) is 17.4 Å². The van der Waals surface area contributed by atoms with Gasteiger partial charge in [0, 0.05) is 33.7 Å². The second-order valence-corrected chi connectivity index (χ2v) is 7.72. The van der Waals surface area contributed by atoms with Gasteiger partial charge in [-0.25, -0.2) is 0 Å². The molecule has 0 radical (unpaired) electrons. The molecule has 3 atom stereocenters. The molecule has 26 heavy (non-hydrogen) atoms. The number of nitro benzene ring substituents is 1. The number of hydrogen-bond donors (Lipinski definition) is 3. The highest BCUT2D eigenvalue weighted by atomic mass is 32.1. The molecule has 2 aliphatic rings. The van der Waals surface area contributed by atoms with Crippen LogP contribution < -0.4 is 0 Å². The van der Waals surface area contributed by atoms with Crippen molar-refractivity contribution in [2.75, 3.05) is 0 Å². The van der Waals surface area contributed by atoms with Crippen LogP contribution in [0, 0.1) is 10.1 Å². The van der Waals surface area contributed by atoms with Gasteiger partial charge in [-0.1, -0.05) is 18.2 Å². The molecular weight excluding hydrogens is 352 g/mol. The van der Waals surface area contributed by atoms with E-state index in [2.05, 4.69) is 12.6 Å².